The molecule has 3 aromatic heterocycles. The van der Waals surface area contributed by atoms with Gasteiger partial charge in [0.2, 0.25) is 0 Å². The van der Waals surface area contributed by atoms with Gasteiger partial charge in [-0.15, -0.1) is 5.10 Å². The molecule has 0 aliphatic rings. The van der Waals surface area contributed by atoms with Gasteiger partial charge in [0.25, 0.3) is 5.56 Å². The van der Waals surface area contributed by atoms with Gasteiger partial charge in [0.05, 0.1) is 18.3 Å². The van der Waals surface area contributed by atoms with Crippen LogP contribution in [0.15, 0.2) is 76.1 Å². The molecule has 0 amide bonds. The van der Waals surface area contributed by atoms with Crippen molar-refractivity contribution in [1.29, 1.82) is 0 Å². The van der Waals surface area contributed by atoms with Crippen LogP contribution in [0.3, 0.4) is 0 Å². The molecule has 0 fully saturated rings. The topological polar surface area (TPSA) is 92.8 Å². The minimum absolute atomic E-state index is 0.0638. The molecule has 1 N–H and O–H groups in total. The molecule has 35 heavy (non-hydrogen) atoms. The quantitative estimate of drug-likeness (QED) is 0.351. The highest BCUT2D eigenvalue weighted by atomic mass is 16.3. The Bertz CT molecular complexity index is 1470. The number of aromatic nitrogens is 5. The van der Waals surface area contributed by atoms with E-state index in [1.807, 2.05) is 49.4 Å². The van der Waals surface area contributed by atoms with Gasteiger partial charge in [0, 0.05) is 24.0 Å². The molecular formula is C27H28N6O2. The van der Waals surface area contributed by atoms with Crippen molar-refractivity contribution in [2.24, 2.45) is 0 Å². The van der Waals surface area contributed by atoms with E-state index in [-0.39, 0.29) is 5.56 Å². The zero-order valence-corrected chi connectivity index (χ0v) is 19.9. The molecule has 0 spiro atoms. The van der Waals surface area contributed by atoms with E-state index in [1.165, 1.54) is 5.56 Å². The Labute approximate surface area is 203 Å². The van der Waals surface area contributed by atoms with Gasteiger partial charge < -0.3 is 9.40 Å². The van der Waals surface area contributed by atoms with E-state index in [0.717, 1.165) is 52.1 Å². The maximum Gasteiger partial charge on any atom is 0.252 e. The van der Waals surface area contributed by atoms with Crippen molar-refractivity contribution in [2.45, 2.75) is 39.9 Å². The fraction of sp³-hybridized carbons (Fsp3) is 0.259. The van der Waals surface area contributed by atoms with Crippen LogP contribution in [0.1, 0.15) is 33.8 Å². The molecule has 0 aliphatic heterocycles. The van der Waals surface area contributed by atoms with Gasteiger partial charge in [-0.3, -0.25) is 9.69 Å². The van der Waals surface area contributed by atoms with E-state index in [9.17, 15) is 4.79 Å². The van der Waals surface area contributed by atoms with E-state index in [2.05, 4.69) is 50.5 Å². The van der Waals surface area contributed by atoms with Crippen molar-refractivity contribution < 1.29 is 4.42 Å². The lowest BCUT2D eigenvalue weighted by molar-refractivity contribution is 0.247. The number of aryl methyl sites for hydroxylation is 2. The van der Waals surface area contributed by atoms with Crippen molar-refractivity contribution in [1.82, 2.24) is 30.1 Å². The lowest BCUT2D eigenvalue weighted by Crippen LogP contribution is -2.30. The van der Waals surface area contributed by atoms with Crippen molar-refractivity contribution in [2.75, 3.05) is 6.54 Å². The van der Waals surface area contributed by atoms with Crippen LogP contribution in [0, 0.1) is 13.8 Å². The van der Waals surface area contributed by atoms with Gasteiger partial charge in [0.1, 0.15) is 12.3 Å². The van der Waals surface area contributed by atoms with Gasteiger partial charge >= 0.3 is 0 Å². The number of hydrogen-bond donors (Lipinski definition) is 1. The van der Waals surface area contributed by atoms with Gasteiger partial charge in [-0.05, 0) is 65.6 Å². The summed E-state index contributed by atoms with van der Waals surface area (Å²) in [4.78, 5) is 18.4. The molecule has 5 aromatic rings. The lowest BCUT2D eigenvalue weighted by atomic mass is 10.0. The summed E-state index contributed by atoms with van der Waals surface area (Å²) in [6.07, 6.45) is 2.49. The third-order valence-electron chi connectivity index (χ3n) is 6.33. The first kappa shape index (κ1) is 22.7. The van der Waals surface area contributed by atoms with Crippen molar-refractivity contribution in [3.05, 3.63) is 111 Å². The number of hydrogen-bond acceptors (Lipinski definition) is 6. The summed E-state index contributed by atoms with van der Waals surface area (Å²) in [5, 5.41) is 13.4. The number of furan rings is 1. The number of aromatic amines is 1. The standard InChI is InChI=1S/C27H28N6O2/c1-19-10-11-20(2)26-24(19)15-22(27(34)28-26)16-32(13-12-21-7-4-3-5-8-21)18-25-29-30-31-33(25)17-23-9-6-14-35-23/h3-11,14-15H,12-13,16-18H2,1-2H3,(H,28,34). The third-order valence-corrected chi connectivity index (χ3v) is 6.33. The number of fused-ring (bicyclic) bond motifs is 1. The zero-order chi connectivity index (χ0) is 24.2. The highest BCUT2D eigenvalue weighted by Gasteiger charge is 2.16. The number of pyridine rings is 1. The Kier molecular flexibility index (Phi) is 6.54. The molecule has 0 atom stereocenters. The molecule has 3 heterocycles. The predicted octanol–water partition coefficient (Wildman–Crippen LogP) is 4.02. The largest absolute Gasteiger partial charge is 0.467 e. The summed E-state index contributed by atoms with van der Waals surface area (Å²) >= 11 is 0. The second-order valence-electron chi connectivity index (χ2n) is 8.89. The van der Waals surface area contributed by atoms with Crippen molar-refractivity contribution >= 4 is 10.9 Å². The number of H-pyrrole nitrogens is 1. The molecule has 0 unspecified atom stereocenters. The maximum absolute atomic E-state index is 13.0. The van der Waals surface area contributed by atoms with Gasteiger partial charge in [0.15, 0.2) is 5.82 Å². The highest BCUT2D eigenvalue weighted by molar-refractivity contribution is 5.85. The van der Waals surface area contributed by atoms with E-state index >= 15 is 0 Å². The monoisotopic (exact) mass is 468 g/mol. The number of nitrogens with one attached hydrogen (secondary N) is 1. The summed E-state index contributed by atoms with van der Waals surface area (Å²) in [6.45, 7) is 6.28. The smallest absolute Gasteiger partial charge is 0.252 e. The van der Waals surface area contributed by atoms with Crippen LogP contribution in [0.5, 0.6) is 0 Å². The van der Waals surface area contributed by atoms with Crippen molar-refractivity contribution in [3.63, 3.8) is 0 Å². The first-order chi connectivity index (χ1) is 17.1. The second-order valence-corrected chi connectivity index (χ2v) is 8.89. The summed E-state index contributed by atoms with van der Waals surface area (Å²) < 4.78 is 7.21. The minimum atomic E-state index is -0.0638. The normalized spacial score (nSPS) is 11.5. The van der Waals surface area contributed by atoms with Crippen LogP contribution < -0.4 is 5.56 Å². The molecule has 2 aromatic carbocycles. The number of rotatable bonds is 9. The molecule has 0 aliphatic carbocycles. The van der Waals surface area contributed by atoms with E-state index in [0.29, 0.717) is 19.6 Å². The Balaban J connectivity index is 1.43. The summed E-state index contributed by atoms with van der Waals surface area (Å²) in [5.41, 5.74) is 5.01. The SMILES string of the molecule is Cc1ccc(C)c2[nH]c(=O)c(CN(CCc3ccccc3)Cc3nnnn3Cc3ccco3)cc12. The zero-order valence-electron chi connectivity index (χ0n) is 19.9. The number of nitrogens with zero attached hydrogens (tertiary/aromatic N) is 5. The van der Waals surface area contributed by atoms with Crippen molar-refractivity contribution in [3.8, 4) is 0 Å². The summed E-state index contributed by atoms with van der Waals surface area (Å²) in [7, 11) is 0. The van der Waals surface area contributed by atoms with Gasteiger partial charge in [-0.25, -0.2) is 4.68 Å². The highest BCUT2D eigenvalue weighted by Crippen LogP contribution is 2.20. The first-order valence-corrected chi connectivity index (χ1v) is 11.7. The van der Waals surface area contributed by atoms with E-state index in [1.54, 1.807) is 10.9 Å². The molecule has 0 saturated heterocycles. The maximum atomic E-state index is 13.0. The molecule has 178 valence electrons. The van der Waals surface area contributed by atoms with Crippen LogP contribution in [0.25, 0.3) is 10.9 Å². The predicted molar refractivity (Wildman–Crippen MR) is 134 cm³/mol. The fourth-order valence-electron chi connectivity index (χ4n) is 4.33. The average Bonchev–Trinajstić information content (AvgIpc) is 3.54. The van der Waals surface area contributed by atoms with E-state index < -0.39 is 0 Å². The molecular weight excluding hydrogens is 440 g/mol. The molecule has 0 bridgehead atoms. The van der Waals surface area contributed by atoms with E-state index in [4.69, 9.17) is 4.42 Å². The molecule has 8 nitrogen and oxygen atoms in total. The first-order valence-electron chi connectivity index (χ1n) is 11.7. The Morgan fingerprint density at radius 1 is 1.00 bits per heavy atom. The molecule has 5 rings (SSSR count). The Morgan fingerprint density at radius 2 is 1.83 bits per heavy atom. The molecule has 0 saturated carbocycles. The average molecular weight is 469 g/mol. The summed E-state index contributed by atoms with van der Waals surface area (Å²) in [5.74, 6) is 1.50. The van der Waals surface area contributed by atoms with Gasteiger partial charge in [-0.2, -0.15) is 0 Å². The van der Waals surface area contributed by atoms with Crippen LogP contribution in [0.2, 0.25) is 0 Å². The van der Waals surface area contributed by atoms with Gasteiger partial charge in [-0.1, -0.05) is 42.5 Å². The minimum Gasteiger partial charge on any atom is -0.467 e. The number of tetrazole rings is 1. The molecule has 8 heteroatoms. The lowest BCUT2D eigenvalue weighted by Gasteiger charge is -2.22. The number of benzene rings is 2. The third kappa shape index (κ3) is 5.22. The van der Waals surface area contributed by atoms with Crippen LogP contribution in [-0.4, -0.2) is 36.6 Å². The second kappa shape index (κ2) is 10.1. The fourth-order valence-corrected chi connectivity index (χ4v) is 4.33. The molecule has 0 radical (unpaired) electrons. The van der Waals surface area contributed by atoms with Crippen LogP contribution in [0.4, 0.5) is 0 Å². The Morgan fingerprint density at radius 3 is 2.63 bits per heavy atom. The van der Waals surface area contributed by atoms with Crippen LogP contribution in [-0.2, 0) is 26.1 Å². The Hall–Kier alpha value is -4.04. The van der Waals surface area contributed by atoms with Crippen LogP contribution >= 0.6 is 0 Å². The summed E-state index contributed by atoms with van der Waals surface area (Å²) in [6, 6.07) is 20.3.